The number of likely N-dealkylation sites (N-methyl/N-ethyl adjacent to an activating group) is 1. The highest BCUT2D eigenvalue weighted by Crippen LogP contribution is 2.40. The van der Waals surface area contributed by atoms with Crippen LogP contribution in [0.15, 0.2) is 36.4 Å². The highest BCUT2D eigenvalue weighted by atomic mass is 16.5. The average Bonchev–Trinajstić information content (AvgIpc) is 2.77. The Balaban J connectivity index is 2.58. The molecule has 0 radical (unpaired) electrons. The first kappa shape index (κ1) is 24.3. The van der Waals surface area contributed by atoms with E-state index in [9.17, 15) is 4.79 Å². The molecule has 0 bridgehead atoms. The van der Waals surface area contributed by atoms with Gasteiger partial charge in [-0.05, 0) is 63.2 Å². The van der Waals surface area contributed by atoms with Gasteiger partial charge in [0.1, 0.15) is 6.10 Å². The van der Waals surface area contributed by atoms with Crippen molar-refractivity contribution in [1.82, 2.24) is 5.32 Å². The van der Waals surface area contributed by atoms with Gasteiger partial charge in [-0.25, -0.2) is 0 Å². The van der Waals surface area contributed by atoms with E-state index in [-0.39, 0.29) is 12.0 Å². The number of nitrogens with one attached hydrogen (secondary N) is 1. The van der Waals surface area contributed by atoms with Gasteiger partial charge in [-0.15, -0.1) is 0 Å². The first-order valence-corrected chi connectivity index (χ1v) is 10.0. The molecule has 0 aromatic heterocycles. The molecule has 0 amide bonds. The summed E-state index contributed by atoms with van der Waals surface area (Å²) < 4.78 is 27.7. The molecule has 7 nitrogen and oxygen atoms in total. The van der Waals surface area contributed by atoms with E-state index in [2.05, 4.69) is 5.32 Å². The van der Waals surface area contributed by atoms with E-state index >= 15 is 0 Å². The van der Waals surface area contributed by atoms with Crippen molar-refractivity contribution in [1.29, 1.82) is 0 Å². The molecule has 0 heterocycles. The van der Waals surface area contributed by atoms with E-state index in [1.807, 2.05) is 58.2 Å². The lowest BCUT2D eigenvalue weighted by Crippen LogP contribution is -2.31. The Bertz CT molecular complexity index is 890. The molecule has 2 atom stereocenters. The van der Waals surface area contributed by atoms with Crippen molar-refractivity contribution in [2.45, 2.75) is 32.9 Å². The van der Waals surface area contributed by atoms with Gasteiger partial charge >= 0.3 is 5.97 Å². The zero-order valence-electron chi connectivity index (χ0n) is 19.6. The number of methoxy groups -OCH3 is 4. The molecule has 0 spiro atoms. The number of carbonyl (C=O) groups is 1. The summed E-state index contributed by atoms with van der Waals surface area (Å²) in [5.74, 6) is 2.05. The monoisotopic (exact) mass is 431 g/mol. The van der Waals surface area contributed by atoms with Gasteiger partial charge in [-0.2, -0.15) is 0 Å². The van der Waals surface area contributed by atoms with Crippen molar-refractivity contribution >= 4 is 5.97 Å². The van der Waals surface area contributed by atoms with Crippen molar-refractivity contribution in [3.8, 4) is 23.0 Å². The normalized spacial score (nSPS) is 13.2. The van der Waals surface area contributed by atoms with E-state index in [4.69, 9.17) is 23.7 Å². The van der Waals surface area contributed by atoms with Crippen LogP contribution in [-0.4, -0.2) is 41.5 Å². The molecule has 0 saturated carbocycles. The third kappa shape index (κ3) is 5.61. The second-order valence-electron chi connectivity index (χ2n) is 8.07. The second kappa shape index (κ2) is 10.4. The largest absolute Gasteiger partial charge is 0.493 e. The van der Waals surface area contributed by atoms with Gasteiger partial charge < -0.3 is 29.0 Å². The maximum absolute atomic E-state index is 12.9. The number of hydrogen-bond donors (Lipinski definition) is 1. The topological polar surface area (TPSA) is 75.2 Å². The summed E-state index contributed by atoms with van der Waals surface area (Å²) in [5.41, 5.74) is 0.982. The molecule has 0 aliphatic carbocycles. The molecule has 170 valence electrons. The molecule has 7 heteroatoms. The van der Waals surface area contributed by atoms with Crippen LogP contribution in [0.4, 0.5) is 0 Å². The smallest absolute Gasteiger partial charge is 0.311 e. The van der Waals surface area contributed by atoms with E-state index < -0.39 is 11.5 Å². The van der Waals surface area contributed by atoms with Gasteiger partial charge in [-0.1, -0.05) is 12.1 Å². The van der Waals surface area contributed by atoms with E-state index in [1.54, 1.807) is 34.5 Å². The van der Waals surface area contributed by atoms with Crippen LogP contribution in [-0.2, 0) is 9.53 Å². The lowest BCUT2D eigenvalue weighted by Gasteiger charge is -2.31. The van der Waals surface area contributed by atoms with Gasteiger partial charge in [0.15, 0.2) is 23.0 Å². The lowest BCUT2D eigenvalue weighted by molar-refractivity contribution is -0.160. The number of rotatable bonds is 9. The highest BCUT2D eigenvalue weighted by Gasteiger charge is 2.33. The van der Waals surface area contributed by atoms with Gasteiger partial charge in [0.05, 0.1) is 39.9 Å². The first-order valence-electron chi connectivity index (χ1n) is 10.0. The van der Waals surface area contributed by atoms with E-state index in [0.717, 1.165) is 11.1 Å². The summed E-state index contributed by atoms with van der Waals surface area (Å²) in [5, 5.41) is 3.28. The molecule has 1 N–H and O–H groups in total. The minimum Gasteiger partial charge on any atom is -0.493 e. The zero-order chi connectivity index (χ0) is 23.2. The Labute approximate surface area is 184 Å². The molecule has 2 aromatic rings. The summed E-state index contributed by atoms with van der Waals surface area (Å²) in [4.78, 5) is 12.9. The lowest BCUT2D eigenvalue weighted by atomic mass is 9.93. The maximum Gasteiger partial charge on any atom is 0.311 e. The molecule has 0 saturated heterocycles. The molecular weight excluding hydrogens is 398 g/mol. The van der Waals surface area contributed by atoms with Crippen LogP contribution in [0.5, 0.6) is 23.0 Å². The van der Waals surface area contributed by atoms with Gasteiger partial charge in [0, 0.05) is 0 Å². The fourth-order valence-corrected chi connectivity index (χ4v) is 3.19. The molecule has 0 aliphatic heterocycles. The molecule has 2 aromatic carbocycles. The Kier molecular flexibility index (Phi) is 8.16. The molecule has 31 heavy (non-hydrogen) atoms. The highest BCUT2D eigenvalue weighted by molar-refractivity contribution is 5.75. The van der Waals surface area contributed by atoms with Crippen LogP contribution in [0, 0.1) is 5.41 Å². The van der Waals surface area contributed by atoms with Crippen LogP contribution >= 0.6 is 0 Å². The summed E-state index contributed by atoms with van der Waals surface area (Å²) in [6.45, 7) is 5.48. The standard InChI is InChI=1S/C24H33NO6/c1-24(2,3)23(26)31-22(16-10-12-18(28-6)20(14-16)30-8)21(25-4)15-9-11-17(27-5)19(13-15)29-7/h9-14,21-22,25H,1-8H3/t21-,22-/m1/s1. The average molecular weight is 432 g/mol. The third-order valence-corrected chi connectivity index (χ3v) is 4.96. The summed E-state index contributed by atoms with van der Waals surface area (Å²) in [6, 6.07) is 10.8. The van der Waals surface area contributed by atoms with Gasteiger partial charge in [0.25, 0.3) is 0 Å². The molecule has 0 fully saturated rings. The second-order valence-corrected chi connectivity index (χ2v) is 8.07. The Morgan fingerprint density at radius 3 is 1.65 bits per heavy atom. The summed E-state index contributed by atoms with van der Waals surface area (Å²) in [7, 11) is 8.14. The van der Waals surface area contributed by atoms with Crippen LogP contribution in [0.1, 0.15) is 44.0 Å². The minimum atomic E-state index is -0.662. The fraction of sp³-hybridized carbons (Fsp3) is 0.458. The van der Waals surface area contributed by atoms with Gasteiger partial charge in [0.2, 0.25) is 0 Å². The van der Waals surface area contributed by atoms with Crippen LogP contribution in [0.2, 0.25) is 0 Å². The molecule has 0 aliphatic rings. The first-order chi connectivity index (χ1) is 14.7. The number of esters is 1. The van der Waals surface area contributed by atoms with Crippen molar-refractivity contribution in [3.63, 3.8) is 0 Å². The minimum absolute atomic E-state index is 0.312. The van der Waals surface area contributed by atoms with E-state index in [0.29, 0.717) is 23.0 Å². The SMILES string of the molecule is CN[C@H](c1ccc(OC)c(OC)c1)[C@H](OC(=O)C(C)(C)C)c1ccc(OC)c(OC)c1. The number of hydrogen-bond acceptors (Lipinski definition) is 7. The van der Waals surface area contributed by atoms with Crippen molar-refractivity contribution in [2.75, 3.05) is 35.5 Å². The summed E-state index contributed by atoms with van der Waals surface area (Å²) >= 11 is 0. The number of carbonyl (C=O) groups excluding carboxylic acids is 1. The van der Waals surface area contributed by atoms with Crippen molar-refractivity contribution in [3.05, 3.63) is 47.5 Å². The van der Waals surface area contributed by atoms with Gasteiger partial charge in [-0.3, -0.25) is 4.79 Å². The molecule has 0 unspecified atom stereocenters. The van der Waals surface area contributed by atoms with Crippen LogP contribution < -0.4 is 24.3 Å². The summed E-state index contributed by atoms with van der Waals surface area (Å²) in [6.07, 6.45) is -0.630. The third-order valence-electron chi connectivity index (χ3n) is 4.96. The Hall–Kier alpha value is -2.93. The molecular formula is C24H33NO6. The predicted octanol–water partition coefficient (Wildman–Crippen LogP) is 4.31. The van der Waals surface area contributed by atoms with Crippen LogP contribution in [0.3, 0.4) is 0 Å². The fourth-order valence-electron chi connectivity index (χ4n) is 3.19. The van der Waals surface area contributed by atoms with Crippen molar-refractivity contribution < 1.29 is 28.5 Å². The number of ether oxygens (including phenoxy) is 5. The maximum atomic E-state index is 12.9. The molecule has 2 rings (SSSR count). The quantitative estimate of drug-likeness (QED) is 0.593. The Morgan fingerprint density at radius 2 is 1.23 bits per heavy atom. The zero-order valence-corrected chi connectivity index (χ0v) is 19.6. The van der Waals surface area contributed by atoms with Crippen LogP contribution in [0.25, 0.3) is 0 Å². The van der Waals surface area contributed by atoms with E-state index in [1.165, 1.54) is 0 Å². The Morgan fingerprint density at radius 1 is 0.774 bits per heavy atom. The van der Waals surface area contributed by atoms with Crippen molar-refractivity contribution in [2.24, 2.45) is 5.41 Å². The number of benzene rings is 2. The predicted molar refractivity (Wildman–Crippen MR) is 119 cm³/mol.